The fourth-order valence-corrected chi connectivity index (χ4v) is 10.8. The molecule has 0 aromatic heterocycles. The van der Waals surface area contributed by atoms with E-state index in [2.05, 4.69) is 196 Å². The predicted octanol–water partition coefficient (Wildman–Crippen LogP) is 15.4. The molecule has 270 valence electrons. The van der Waals surface area contributed by atoms with Crippen LogP contribution in [-0.4, -0.2) is 0 Å². The third-order valence-corrected chi connectivity index (χ3v) is 13.4. The number of para-hydroxylation sites is 1. The van der Waals surface area contributed by atoms with E-state index >= 15 is 0 Å². The lowest BCUT2D eigenvalue weighted by Gasteiger charge is -2.44. The maximum atomic E-state index is 2.57. The van der Waals surface area contributed by atoms with Crippen LogP contribution in [-0.2, 0) is 18.3 Å². The van der Waals surface area contributed by atoms with E-state index in [1.54, 1.807) is 0 Å². The van der Waals surface area contributed by atoms with E-state index in [9.17, 15) is 0 Å². The molecule has 1 heterocycles. The van der Waals surface area contributed by atoms with Crippen LogP contribution in [0.1, 0.15) is 41.7 Å². The van der Waals surface area contributed by atoms with Gasteiger partial charge in [-0.05, 0) is 136 Å². The summed E-state index contributed by atoms with van der Waals surface area (Å²) in [7, 11) is 0. The van der Waals surface area contributed by atoms with Crippen molar-refractivity contribution < 1.29 is 0 Å². The first-order valence-electron chi connectivity index (χ1n) is 20.4. The molecule has 12 rings (SSSR count). The van der Waals surface area contributed by atoms with Crippen LogP contribution in [0.2, 0.25) is 0 Å². The molecule has 57 heavy (non-hydrogen) atoms. The Kier molecular flexibility index (Phi) is 6.79. The second-order valence-electron chi connectivity index (χ2n) is 16.8. The summed E-state index contributed by atoms with van der Waals surface area (Å²) in [5, 5.41) is 16.0. The predicted molar refractivity (Wildman–Crippen MR) is 245 cm³/mol. The fourth-order valence-electron chi connectivity index (χ4n) is 10.8. The van der Waals surface area contributed by atoms with Crippen LogP contribution in [0.5, 0.6) is 0 Å². The summed E-state index contributed by atoms with van der Waals surface area (Å²) in [5.74, 6) is 0. The van der Waals surface area contributed by atoms with Gasteiger partial charge in [-0.1, -0.05) is 166 Å². The van der Waals surface area contributed by atoms with Crippen molar-refractivity contribution in [2.45, 2.75) is 39.0 Å². The molecule has 1 aliphatic heterocycles. The Labute approximate surface area is 333 Å². The first kappa shape index (κ1) is 32.5. The van der Waals surface area contributed by atoms with Crippen molar-refractivity contribution in [2.24, 2.45) is 0 Å². The maximum absolute atomic E-state index is 2.57. The summed E-state index contributed by atoms with van der Waals surface area (Å²) in [6.07, 6.45) is 1.93. The second-order valence-corrected chi connectivity index (χ2v) is 16.8. The first-order chi connectivity index (χ1) is 28.0. The number of anilines is 3. The number of aryl methyl sites for hydroxylation is 3. The van der Waals surface area contributed by atoms with Crippen molar-refractivity contribution >= 4 is 81.7 Å². The molecule has 1 nitrogen and oxygen atoms in total. The highest BCUT2D eigenvalue weighted by molar-refractivity contribution is 6.26. The quantitative estimate of drug-likeness (QED) is 0.160. The van der Waals surface area contributed by atoms with Gasteiger partial charge in [-0.15, -0.1) is 0 Å². The topological polar surface area (TPSA) is 3.24 Å². The van der Waals surface area contributed by atoms with E-state index in [1.165, 1.54) is 121 Å². The Morgan fingerprint density at radius 3 is 1.65 bits per heavy atom. The third kappa shape index (κ3) is 4.57. The van der Waals surface area contributed by atoms with E-state index in [0.717, 1.165) is 12.8 Å². The summed E-state index contributed by atoms with van der Waals surface area (Å²) in [4.78, 5) is 2.57. The number of hydrogen-bond donors (Lipinski definition) is 0. The standard InChI is InChI=1S/C56H41N/c1-34-18-32-49-55(50(34)43-15-5-4-10-35(43)19-20-36-21-22-41-25-23-37-11-8-13-39-27-30-44(36)53(41)51(37)39)56(2,3)46-16-6-7-17-48(46)57(49)47-33-29-42-26-24-38-12-9-14-40-28-31-45(47)54(42)52(38)40/h4-18,21-33H,19-20H2,1-3H3. The lowest BCUT2D eigenvalue weighted by molar-refractivity contribution is 0.633. The highest BCUT2D eigenvalue weighted by atomic mass is 15.2. The number of fused-ring (bicyclic) bond motifs is 2. The zero-order valence-electron chi connectivity index (χ0n) is 32.5. The largest absolute Gasteiger partial charge is 0.309 e. The molecule has 0 saturated heterocycles. The monoisotopic (exact) mass is 727 g/mol. The van der Waals surface area contributed by atoms with Crippen molar-refractivity contribution in [3.8, 4) is 11.1 Å². The number of benzene rings is 11. The molecule has 1 aliphatic rings. The molecule has 0 amide bonds. The molecule has 11 aromatic rings. The molecular formula is C56H41N. The van der Waals surface area contributed by atoms with Crippen LogP contribution >= 0.6 is 0 Å². The van der Waals surface area contributed by atoms with Gasteiger partial charge in [0.15, 0.2) is 0 Å². The van der Waals surface area contributed by atoms with Crippen LogP contribution < -0.4 is 4.90 Å². The lowest BCUT2D eigenvalue weighted by Crippen LogP contribution is -2.31. The van der Waals surface area contributed by atoms with Crippen LogP contribution in [0.4, 0.5) is 17.1 Å². The van der Waals surface area contributed by atoms with Gasteiger partial charge in [0, 0.05) is 10.8 Å². The molecule has 0 atom stereocenters. The Morgan fingerprint density at radius 1 is 0.404 bits per heavy atom. The molecule has 0 unspecified atom stereocenters. The van der Waals surface area contributed by atoms with Gasteiger partial charge in [-0.25, -0.2) is 0 Å². The minimum Gasteiger partial charge on any atom is -0.309 e. The van der Waals surface area contributed by atoms with Crippen molar-refractivity contribution in [2.75, 3.05) is 4.90 Å². The van der Waals surface area contributed by atoms with Crippen molar-refractivity contribution in [3.63, 3.8) is 0 Å². The zero-order chi connectivity index (χ0) is 38.0. The van der Waals surface area contributed by atoms with Gasteiger partial charge in [-0.3, -0.25) is 0 Å². The summed E-state index contributed by atoms with van der Waals surface area (Å²) in [6, 6.07) is 64.2. The van der Waals surface area contributed by atoms with Gasteiger partial charge in [0.05, 0.1) is 17.1 Å². The van der Waals surface area contributed by atoms with Gasteiger partial charge in [-0.2, -0.15) is 0 Å². The molecule has 11 aromatic carbocycles. The van der Waals surface area contributed by atoms with Gasteiger partial charge < -0.3 is 4.90 Å². The van der Waals surface area contributed by atoms with Crippen LogP contribution in [0.3, 0.4) is 0 Å². The fraction of sp³-hybridized carbons (Fsp3) is 0.107. The van der Waals surface area contributed by atoms with Gasteiger partial charge in [0.25, 0.3) is 0 Å². The molecule has 0 N–H and O–H groups in total. The Hall–Kier alpha value is -6.70. The molecule has 0 saturated carbocycles. The smallest absolute Gasteiger partial charge is 0.0540 e. The van der Waals surface area contributed by atoms with E-state index in [1.807, 2.05) is 0 Å². The van der Waals surface area contributed by atoms with Crippen LogP contribution in [0, 0.1) is 6.92 Å². The summed E-state index contributed by atoms with van der Waals surface area (Å²) < 4.78 is 0. The molecule has 0 radical (unpaired) electrons. The van der Waals surface area contributed by atoms with Gasteiger partial charge in [0.2, 0.25) is 0 Å². The zero-order valence-corrected chi connectivity index (χ0v) is 32.5. The third-order valence-electron chi connectivity index (χ3n) is 13.4. The molecule has 1 heteroatoms. The molecule has 0 bridgehead atoms. The summed E-state index contributed by atoms with van der Waals surface area (Å²) >= 11 is 0. The van der Waals surface area contributed by atoms with Crippen LogP contribution in [0.25, 0.3) is 75.8 Å². The minimum atomic E-state index is -0.243. The molecular weight excluding hydrogens is 687 g/mol. The number of nitrogens with zero attached hydrogens (tertiary/aromatic N) is 1. The van der Waals surface area contributed by atoms with Crippen LogP contribution in [0.15, 0.2) is 170 Å². The lowest BCUT2D eigenvalue weighted by atomic mass is 9.69. The minimum absolute atomic E-state index is 0.243. The Balaban J connectivity index is 1.04. The molecule has 0 spiro atoms. The average molecular weight is 728 g/mol. The summed E-state index contributed by atoms with van der Waals surface area (Å²) in [6.45, 7) is 7.18. The van der Waals surface area contributed by atoms with E-state index in [0.29, 0.717) is 0 Å². The molecule has 0 fully saturated rings. The van der Waals surface area contributed by atoms with E-state index < -0.39 is 0 Å². The second kappa shape index (κ2) is 11.9. The van der Waals surface area contributed by atoms with Crippen molar-refractivity contribution in [1.82, 2.24) is 0 Å². The Bertz CT molecular complexity index is 3370. The summed E-state index contributed by atoms with van der Waals surface area (Å²) in [5.41, 5.74) is 13.1. The number of rotatable bonds is 5. The molecule has 0 aliphatic carbocycles. The first-order valence-corrected chi connectivity index (χ1v) is 20.4. The van der Waals surface area contributed by atoms with Crippen molar-refractivity contribution in [3.05, 3.63) is 198 Å². The van der Waals surface area contributed by atoms with E-state index in [-0.39, 0.29) is 5.41 Å². The van der Waals surface area contributed by atoms with Crippen molar-refractivity contribution in [1.29, 1.82) is 0 Å². The SMILES string of the molecule is Cc1ccc2c(c1-c1ccccc1CCc1ccc3ccc4cccc5ccc1c3c45)C(C)(C)c1ccccc1N2c1ccc2ccc3cccc4ccc1c2c34. The highest BCUT2D eigenvalue weighted by Gasteiger charge is 2.40. The van der Waals surface area contributed by atoms with Gasteiger partial charge >= 0.3 is 0 Å². The van der Waals surface area contributed by atoms with Gasteiger partial charge in [0.1, 0.15) is 0 Å². The average Bonchev–Trinajstić information content (AvgIpc) is 3.25. The van der Waals surface area contributed by atoms with E-state index in [4.69, 9.17) is 0 Å². The Morgan fingerprint density at radius 2 is 0.930 bits per heavy atom. The normalized spacial score (nSPS) is 13.8. The maximum Gasteiger partial charge on any atom is 0.0540 e. The highest BCUT2D eigenvalue weighted by Crippen LogP contribution is 2.57. The number of hydrogen-bond acceptors (Lipinski definition) is 1.